The number of hydrogen-bond donors (Lipinski definition) is 0. The van der Waals surface area contributed by atoms with Crippen LogP contribution in [0.5, 0.6) is 0 Å². The molecule has 2 fully saturated rings. The molecule has 182 valence electrons. The first kappa shape index (κ1) is 25.8. The fourth-order valence-corrected chi connectivity index (χ4v) is 7.19. The van der Waals surface area contributed by atoms with Crippen molar-refractivity contribution in [1.82, 2.24) is 0 Å². The molecule has 0 bridgehead atoms. The van der Waals surface area contributed by atoms with Crippen molar-refractivity contribution in [1.29, 1.82) is 0 Å². The van der Waals surface area contributed by atoms with Crippen LogP contribution in [0.3, 0.4) is 0 Å². The van der Waals surface area contributed by atoms with Crippen molar-refractivity contribution >= 4 is 0 Å². The second kappa shape index (κ2) is 14.5. The Balaban J connectivity index is 1.43. The van der Waals surface area contributed by atoms with Crippen LogP contribution in [0.4, 0.5) is 0 Å². The summed E-state index contributed by atoms with van der Waals surface area (Å²) in [5, 5.41) is 0. The Morgan fingerprint density at radius 2 is 1.00 bits per heavy atom. The standard InChI is InChI=1S/C32H54/c1-2-3-4-5-6-12-22-31(23-13-8-14-24-31)27-17-18-28-32(25-15-9-16-26-32)29-21-30-19-10-7-11-20-30/h7,10-11,19-20H,2-6,8-9,12-18,21-29H2,1H3. The van der Waals surface area contributed by atoms with Gasteiger partial charge in [-0.3, -0.25) is 0 Å². The van der Waals surface area contributed by atoms with E-state index in [1.165, 1.54) is 135 Å². The Kier molecular flexibility index (Phi) is 11.7. The quantitative estimate of drug-likeness (QED) is 0.239. The van der Waals surface area contributed by atoms with E-state index in [-0.39, 0.29) is 0 Å². The van der Waals surface area contributed by atoms with E-state index in [2.05, 4.69) is 37.3 Å². The van der Waals surface area contributed by atoms with E-state index in [1.54, 1.807) is 18.4 Å². The Bertz CT molecular complexity index is 573. The lowest BCUT2D eigenvalue weighted by molar-refractivity contribution is 0.128. The van der Waals surface area contributed by atoms with Crippen LogP contribution in [0.15, 0.2) is 30.3 Å². The van der Waals surface area contributed by atoms with E-state index in [0.29, 0.717) is 5.41 Å². The smallest absolute Gasteiger partial charge is 0.0274 e. The highest BCUT2D eigenvalue weighted by Crippen LogP contribution is 2.47. The molecular formula is C32H54. The number of hydrogen-bond acceptors (Lipinski definition) is 0. The molecule has 0 amide bonds. The van der Waals surface area contributed by atoms with E-state index < -0.39 is 0 Å². The minimum absolute atomic E-state index is 0.660. The first-order valence-electron chi connectivity index (χ1n) is 14.8. The maximum Gasteiger partial charge on any atom is -0.0274 e. The van der Waals surface area contributed by atoms with Crippen LogP contribution in [-0.4, -0.2) is 0 Å². The summed E-state index contributed by atoms with van der Waals surface area (Å²) in [7, 11) is 0. The number of unbranched alkanes of at least 4 members (excludes halogenated alkanes) is 6. The zero-order chi connectivity index (χ0) is 22.4. The number of rotatable bonds is 15. The summed E-state index contributed by atoms with van der Waals surface area (Å²) in [5.41, 5.74) is 2.94. The SMILES string of the molecule is CCCCCCCCC1(CCCCC2(CCc3ccccc3)CCCCC2)CCCCC1. The summed E-state index contributed by atoms with van der Waals surface area (Å²) in [6, 6.07) is 11.3. The Hall–Kier alpha value is -0.780. The van der Waals surface area contributed by atoms with Crippen molar-refractivity contribution in [2.24, 2.45) is 10.8 Å². The molecule has 0 unspecified atom stereocenters. The average Bonchev–Trinajstić information content (AvgIpc) is 2.85. The molecule has 2 saturated carbocycles. The van der Waals surface area contributed by atoms with Gasteiger partial charge in [-0.25, -0.2) is 0 Å². The topological polar surface area (TPSA) is 0 Å². The Morgan fingerprint density at radius 3 is 1.56 bits per heavy atom. The molecule has 0 aromatic heterocycles. The molecule has 0 spiro atoms. The van der Waals surface area contributed by atoms with E-state index in [4.69, 9.17) is 0 Å². The van der Waals surface area contributed by atoms with Crippen LogP contribution in [0, 0.1) is 10.8 Å². The highest BCUT2D eigenvalue weighted by Gasteiger charge is 2.33. The fourth-order valence-electron chi connectivity index (χ4n) is 7.19. The van der Waals surface area contributed by atoms with Gasteiger partial charge in [-0.15, -0.1) is 0 Å². The van der Waals surface area contributed by atoms with Crippen molar-refractivity contribution in [2.45, 2.75) is 155 Å². The first-order chi connectivity index (χ1) is 15.8. The summed E-state index contributed by atoms with van der Waals surface area (Å²) in [6.07, 6.45) is 34.1. The largest absolute Gasteiger partial charge is 0.0654 e. The molecule has 2 aliphatic carbocycles. The molecular weight excluding hydrogens is 384 g/mol. The molecule has 1 aromatic carbocycles. The summed E-state index contributed by atoms with van der Waals surface area (Å²) < 4.78 is 0. The van der Waals surface area contributed by atoms with Crippen LogP contribution in [-0.2, 0) is 6.42 Å². The summed E-state index contributed by atoms with van der Waals surface area (Å²) >= 11 is 0. The minimum atomic E-state index is 0.660. The van der Waals surface area contributed by atoms with Crippen molar-refractivity contribution in [2.75, 3.05) is 0 Å². The van der Waals surface area contributed by atoms with Crippen LogP contribution in [0.2, 0.25) is 0 Å². The van der Waals surface area contributed by atoms with Gasteiger partial charge < -0.3 is 0 Å². The van der Waals surface area contributed by atoms with Gasteiger partial charge in [-0.1, -0.05) is 127 Å². The van der Waals surface area contributed by atoms with Crippen LogP contribution in [0.1, 0.15) is 154 Å². The van der Waals surface area contributed by atoms with Crippen LogP contribution in [0.25, 0.3) is 0 Å². The second-order valence-corrected chi connectivity index (χ2v) is 11.8. The third kappa shape index (κ3) is 8.87. The lowest BCUT2D eigenvalue weighted by Gasteiger charge is -2.40. The van der Waals surface area contributed by atoms with Gasteiger partial charge in [-0.2, -0.15) is 0 Å². The molecule has 0 N–H and O–H groups in total. The maximum atomic E-state index is 2.34. The molecule has 2 aliphatic rings. The van der Waals surface area contributed by atoms with Crippen molar-refractivity contribution in [3.05, 3.63) is 35.9 Å². The summed E-state index contributed by atoms with van der Waals surface area (Å²) in [6.45, 7) is 2.33. The van der Waals surface area contributed by atoms with E-state index in [1.807, 2.05) is 0 Å². The van der Waals surface area contributed by atoms with E-state index >= 15 is 0 Å². The van der Waals surface area contributed by atoms with Gasteiger partial charge in [0.15, 0.2) is 0 Å². The molecule has 0 atom stereocenters. The zero-order valence-electron chi connectivity index (χ0n) is 21.7. The zero-order valence-corrected chi connectivity index (χ0v) is 21.7. The highest BCUT2D eigenvalue weighted by molar-refractivity contribution is 5.15. The predicted octanol–water partition coefficient (Wildman–Crippen LogP) is 10.8. The Labute approximate surface area is 201 Å². The van der Waals surface area contributed by atoms with Gasteiger partial charge >= 0.3 is 0 Å². The van der Waals surface area contributed by atoms with Gasteiger partial charge in [0, 0.05) is 0 Å². The van der Waals surface area contributed by atoms with Crippen molar-refractivity contribution in [3.8, 4) is 0 Å². The molecule has 32 heavy (non-hydrogen) atoms. The molecule has 3 rings (SSSR count). The maximum absolute atomic E-state index is 2.34. The van der Waals surface area contributed by atoms with Gasteiger partial charge in [0.1, 0.15) is 0 Å². The van der Waals surface area contributed by atoms with Crippen molar-refractivity contribution in [3.63, 3.8) is 0 Å². The monoisotopic (exact) mass is 438 g/mol. The van der Waals surface area contributed by atoms with Gasteiger partial charge in [-0.05, 0) is 74.2 Å². The third-order valence-corrected chi connectivity index (χ3v) is 9.34. The van der Waals surface area contributed by atoms with E-state index in [0.717, 1.165) is 5.41 Å². The van der Waals surface area contributed by atoms with Crippen LogP contribution >= 0.6 is 0 Å². The lowest BCUT2D eigenvalue weighted by atomic mass is 9.66. The molecule has 0 heterocycles. The van der Waals surface area contributed by atoms with Gasteiger partial charge in [0.2, 0.25) is 0 Å². The third-order valence-electron chi connectivity index (χ3n) is 9.34. The van der Waals surface area contributed by atoms with Crippen LogP contribution < -0.4 is 0 Å². The number of aryl methyl sites for hydroxylation is 1. The molecule has 0 saturated heterocycles. The second-order valence-electron chi connectivity index (χ2n) is 11.8. The number of benzene rings is 1. The van der Waals surface area contributed by atoms with Gasteiger partial charge in [0.05, 0.1) is 0 Å². The average molecular weight is 439 g/mol. The van der Waals surface area contributed by atoms with Crippen molar-refractivity contribution < 1.29 is 0 Å². The molecule has 0 aliphatic heterocycles. The molecule has 0 radical (unpaired) electrons. The van der Waals surface area contributed by atoms with E-state index in [9.17, 15) is 0 Å². The normalized spacial score (nSPS) is 20.3. The molecule has 0 heteroatoms. The fraction of sp³-hybridized carbons (Fsp3) is 0.812. The highest BCUT2D eigenvalue weighted by atomic mass is 14.4. The summed E-state index contributed by atoms with van der Waals surface area (Å²) in [5.74, 6) is 0. The minimum Gasteiger partial charge on any atom is -0.0654 e. The molecule has 0 nitrogen and oxygen atoms in total. The molecule has 1 aromatic rings. The summed E-state index contributed by atoms with van der Waals surface area (Å²) in [4.78, 5) is 0. The lowest BCUT2D eigenvalue weighted by Crippen LogP contribution is -2.26. The Morgan fingerprint density at radius 1 is 0.531 bits per heavy atom. The van der Waals surface area contributed by atoms with Gasteiger partial charge in [0.25, 0.3) is 0 Å². The first-order valence-corrected chi connectivity index (χ1v) is 14.8. The predicted molar refractivity (Wildman–Crippen MR) is 142 cm³/mol.